The molecule has 0 saturated carbocycles. The Balaban J connectivity index is 2.20. The van der Waals surface area contributed by atoms with Crippen LogP contribution in [0.4, 0.5) is 10.1 Å². The van der Waals surface area contributed by atoms with Gasteiger partial charge in [-0.2, -0.15) is 0 Å². The zero-order valence-electron chi connectivity index (χ0n) is 10.3. The molecule has 0 spiro atoms. The summed E-state index contributed by atoms with van der Waals surface area (Å²) in [5.74, 6) is -0.424. The van der Waals surface area contributed by atoms with E-state index >= 15 is 0 Å². The first-order chi connectivity index (χ1) is 9.38. The number of benzene rings is 2. The molecule has 3 N–H and O–H groups in total. The minimum Gasteiger partial charge on any atom is -0.381 e. The molecular formula is C13H12ClFN2O2S. The smallest absolute Gasteiger partial charge is 0.238 e. The van der Waals surface area contributed by atoms with Gasteiger partial charge >= 0.3 is 0 Å². The molecule has 0 unspecified atom stereocenters. The number of sulfonamides is 1. The van der Waals surface area contributed by atoms with Crippen LogP contribution in [0.3, 0.4) is 0 Å². The normalized spacial score (nSPS) is 11.3. The number of rotatable bonds is 4. The molecule has 0 aliphatic rings. The van der Waals surface area contributed by atoms with E-state index in [9.17, 15) is 12.8 Å². The van der Waals surface area contributed by atoms with Crippen molar-refractivity contribution >= 4 is 27.3 Å². The SMILES string of the molecule is NS(=O)(=O)c1cccc(NCc2c(F)cccc2Cl)c1. The van der Waals surface area contributed by atoms with Gasteiger partial charge in [-0.15, -0.1) is 0 Å². The number of nitrogens with two attached hydrogens (primary N) is 1. The second-order valence-electron chi connectivity index (χ2n) is 4.13. The maximum atomic E-state index is 13.6. The minimum absolute atomic E-state index is 0.0119. The molecular weight excluding hydrogens is 303 g/mol. The first-order valence-corrected chi connectivity index (χ1v) is 7.60. The molecule has 2 aromatic rings. The molecule has 0 aliphatic carbocycles. The topological polar surface area (TPSA) is 72.2 Å². The Kier molecular flexibility index (Phi) is 4.27. The van der Waals surface area contributed by atoms with Crippen molar-refractivity contribution in [2.24, 2.45) is 5.14 Å². The molecule has 4 nitrogen and oxygen atoms in total. The Morgan fingerprint density at radius 2 is 1.90 bits per heavy atom. The van der Waals surface area contributed by atoms with Gasteiger partial charge in [0.2, 0.25) is 10.0 Å². The second-order valence-corrected chi connectivity index (χ2v) is 6.10. The van der Waals surface area contributed by atoms with Gasteiger partial charge < -0.3 is 5.32 Å². The van der Waals surface area contributed by atoms with E-state index in [2.05, 4.69) is 5.32 Å². The van der Waals surface area contributed by atoms with Crippen LogP contribution in [-0.2, 0) is 16.6 Å². The molecule has 0 amide bonds. The van der Waals surface area contributed by atoms with Crippen LogP contribution in [0.1, 0.15) is 5.56 Å². The van der Waals surface area contributed by atoms with Crippen molar-refractivity contribution in [1.29, 1.82) is 0 Å². The highest BCUT2D eigenvalue weighted by atomic mass is 35.5. The predicted molar refractivity (Wildman–Crippen MR) is 76.6 cm³/mol. The van der Waals surface area contributed by atoms with Crippen molar-refractivity contribution in [3.63, 3.8) is 0 Å². The maximum Gasteiger partial charge on any atom is 0.238 e. The number of hydrogen-bond acceptors (Lipinski definition) is 3. The van der Waals surface area contributed by atoms with Gasteiger partial charge in [-0.05, 0) is 30.3 Å². The largest absolute Gasteiger partial charge is 0.381 e. The van der Waals surface area contributed by atoms with Crippen LogP contribution in [0.2, 0.25) is 5.02 Å². The zero-order chi connectivity index (χ0) is 14.8. The van der Waals surface area contributed by atoms with Crippen molar-refractivity contribution in [1.82, 2.24) is 0 Å². The Labute approximate surface area is 121 Å². The molecule has 0 aliphatic heterocycles. The third kappa shape index (κ3) is 3.47. The molecule has 2 rings (SSSR count). The summed E-state index contributed by atoms with van der Waals surface area (Å²) in [7, 11) is -3.76. The number of primary sulfonamides is 1. The quantitative estimate of drug-likeness (QED) is 0.911. The van der Waals surface area contributed by atoms with Gasteiger partial charge in [0.1, 0.15) is 5.82 Å². The van der Waals surface area contributed by atoms with Crippen LogP contribution < -0.4 is 10.5 Å². The van der Waals surface area contributed by atoms with Crippen molar-refractivity contribution in [3.8, 4) is 0 Å². The van der Waals surface area contributed by atoms with Crippen LogP contribution in [0.15, 0.2) is 47.4 Å². The Morgan fingerprint density at radius 3 is 2.55 bits per heavy atom. The third-order valence-electron chi connectivity index (χ3n) is 2.69. The summed E-state index contributed by atoms with van der Waals surface area (Å²) in [6.07, 6.45) is 0. The Morgan fingerprint density at radius 1 is 1.20 bits per heavy atom. The average molecular weight is 315 g/mol. The summed E-state index contributed by atoms with van der Waals surface area (Å²) in [5, 5.41) is 8.26. The van der Waals surface area contributed by atoms with E-state index in [1.807, 2.05) is 0 Å². The van der Waals surface area contributed by atoms with Crippen LogP contribution >= 0.6 is 11.6 Å². The maximum absolute atomic E-state index is 13.6. The van der Waals surface area contributed by atoms with E-state index in [1.165, 1.54) is 24.3 Å². The van der Waals surface area contributed by atoms with Crippen LogP contribution in [-0.4, -0.2) is 8.42 Å². The fourth-order valence-corrected chi connectivity index (χ4v) is 2.46. The lowest BCUT2D eigenvalue weighted by Gasteiger charge is -2.10. The number of halogens is 2. The van der Waals surface area contributed by atoms with Gasteiger partial charge in [-0.1, -0.05) is 23.7 Å². The third-order valence-corrected chi connectivity index (χ3v) is 3.96. The van der Waals surface area contributed by atoms with Gasteiger partial charge in [0, 0.05) is 22.8 Å². The van der Waals surface area contributed by atoms with Gasteiger partial charge in [0.15, 0.2) is 0 Å². The first kappa shape index (κ1) is 14.8. The lowest BCUT2D eigenvalue weighted by Crippen LogP contribution is -2.12. The lowest BCUT2D eigenvalue weighted by molar-refractivity contribution is 0.597. The molecule has 0 heterocycles. The van der Waals surface area contributed by atoms with Gasteiger partial charge in [0.25, 0.3) is 0 Å². The van der Waals surface area contributed by atoms with E-state index in [0.717, 1.165) is 0 Å². The molecule has 20 heavy (non-hydrogen) atoms. The van der Waals surface area contributed by atoms with Crippen molar-refractivity contribution in [2.45, 2.75) is 11.4 Å². The Hall–Kier alpha value is -1.63. The van der Waals surface area contributed by atoms with E-state index in [1.54, 1.807) is 18.2 Å². The van der Waals surface area contributed by atoms with E-state index in [4.69, 9.17) is 16.7 Å². The fourth-order valence-electron chi connectivity index (χ4n) is 1.67. The summed E-state index contributed by atoms with van der Waals surface area (Å²) < 4.78 is 36.1. The number of hydrogen-bond donors (Lipinski definition) is 2. The molecule has 106 valence electrons. The van der Waals surface area contributed by atoms with E-state index in [-0.39, 0.29) is 11.4 Å². The summed E-state index contributed by atoms with van der Waals surface area (Å²) >= 11 is 5.90. The van der Waals surface area contributed by atoms with Crippen LogP contribution in [0.5, 0.6) is 0 Å². The summed E-state index contributed by atoms with van der Waals surface area (Å²) in [6, 6.07) is 10.4. The average Bonchev–Trinajstić information content (AvgIpc) is 2.37. The molecule has 0 saturated heterocycles. The first-order valence-electron chi connectivity index (χ1n) is 5.67. The summed E-state index contributed by atoms with van der Waals surface area (Å²) in [4.78, 5) is -0.0119. The highest BCUT2D eigenvalue weighted by Gasteiger charge is 2.09. The highest BCUT2D eigenvalue weighted by Crippen LogP contribution is 2.21. The Bertz CT molecular complexity index is 715. The molecule has 0 bridgehead atoms. The van der Waals surface area contributed by atoms with Crippen molar-refractivity contribution in [2.75, 3.05) is 5.32 Å². The molecule has 0 radical (unpaired) electrons. The summed E-state index contributed by atoms with van der Waals surface area (Å²) in [5.41, 5.74) is 0.825. The van der Waals surface area contributed by atoms with E-state index < -0.39 is 15.8 Å². The van der Waals surface area contributed by atoms with Crippen molar-refractivity contribution in [3.05, 3.63) is 58.9 Å². The molecule has 7 heteroatoms. The van der Waals surface area contributed by atoms with Gasteiger partial charge in [0.05, 0.1) is 4.90 Å². The van der Waals surface area contributed by atoms with Crippen LogP contribution in [0, 0.1) is 5.82 Å². The molecule has 0 fully saturated rings. The standard InChI is InChI=1S/C13H12ClFN2O2S/c14-12-5-2-6-13(15)11(12)8-17-9-3-1-4-10(7-9)20(16,18)19/h1-7,17H,8H2,(H2,16,18,19). The van der Waals surface area contributed by atoms with Gasteiger partial charge in [-0.3, -0.25) is 0 Å². The summed E-state index contributed by atoms with van der Waals surface area (Å²) in [6.45, 7) is 0.138. The highest BCUT2D eigenvalue weighted by molar-refractivity contribution is 7.89. The number of anilines is 1. The van der Waals surface area contributed by atoms with E-state index in [0.29, 0.717) is 16.3 Å². The van der Waals surface area contributed by atoms with Crippen molar-refractivity contribution < 1.29 is 12.8 Å². The lowest BCUT2D eigenvalue weighted by atomic mass is 10.2. The molecule has 0 aromatic heterocycles. The monoisotopic (exact) mass is 314 g/mol. The molecule has 0 atom stereocenters. The van der Waals surface area contributed by atoms with Gasteiger partial charge in [-0.25, -0.2) is 17.9 Å². The molecule has 2 aromatic carbocycles. The number of nitrogens with one attached hydrogen (secondary N) is 1. The zero-order valence-corrected chi connectivity index (χ0v) is 11.9. The second kappa shape index (κ2) is 5.78. The van der Waals surface area contributed by atoms with Crippen LogP contribution in [0.25, 0.3) is 0 Å². The fraction of sp³-hybridized carbons (Fsp3) is 0.0769. The predicted octanol–water partition coefficient (Wildman–Crippen LogP) is 2.74. The minimum atomic E-state index is -3.76.